The average Bonchev–Trinajstić information content (AvgIpc) is 3.64. The summed E-state index contributed by atoms with van der Waals surface area (Å²) in [4.78, 5) is 14.8. The minimum absolute atomic E-state index is 0.615. The lowest BCUT2D eigenvalue weighted by atomic mass is 10.1. The molecule has 0 unspecified atom stereocenters. The quantitative estimate of drug-likeness (QED) is 0.213. The number of hydrogen-bond acceptors (Lipinski definition) is 4. The van der Waals surface area contributed by atoms with Gasteiger partial charge in [-0.1, -0.05) is 97.1 Å². The standard InChI is InChI=1S/C39H24N4O/c1-4-12-25(13-5-1)37-40-38(26-14-6-2-7-15-26)42-39(41-37)27-20-22-33-31(24-27)35-34(44-33)23-21-30-29-18-10-11-19-32(29)43(36(30)35)28-16-8-3-9-17-28/h1-24H. The molecule has 0 aliphatic heterocycles. The van der Waals surface area contributed by atoms with Crippen LogP contribution in [0.5, 0.6) is 0 Å². The van der Waals surface area contributed by atoms with Crippen LogP contribution in [0.1, 0.15) is 0 Å². The summed E-state index contributed by atoms with van der Waals surface area (Å²) >= 11 is 0. The van der Waals surface area contributed by atoms with Crippen molar-refractivity contribution in [2.45, 2.75) is 0 Å². The lowest BCUT2D eigenvalue weighted by Crippen LogP contribution is -2.00. The Bertz CT molecular complexity index is 2420. The van der Waals surface area contributed by atoms with Gasteiger partial charge in [0.15, 0.2) is 17.5 Å². The topological polar surface area (TPSA) is 56.7 Å². The minimum Gasteiger partial charge on any atom is -0.456 e. The first-order valence-corrected chi connectivity index (χ1v) is 14.6. The van der Waals surface area contributed by atoms with Gasteiger partial charge < -0.3 is 8.98 Å². The molecule has 0 amide bonds. The number of hydrogen-bond donors (Lipinski definition) is 0. The summed E-state index contributed by atoms with van der Waals surface area (Å²) in [5.41, 5.74) is 7.83. The van der Waals surface area contributed by atoms with Gasteiger partial charge in [-0.05, 0) is 48.5 Å². The normalized spacial score (nSPS) is 11.6. The summed E-state index contributed by atoms with van der Waals surface area (Å²) in [6.07, 6.45) is 0. The molecule has 0 bridgehead atoms. The van der Waals surface area contributed by atoms with Crippen molar-refractivity contribution in [2.75, 3.05) is 0 Å². The molecular weight excluding hydrogens is 540 g/mol. The molecule has 5 nitrogen and oxygen atoms in total. The molecule has 6 aromatic carbocycles. The number of rotatable bonds is 4. The van der Waals surface area contributed by atoms with Crippen LogP contribution < -0.4 is 0 Å². The van der Waals surface area contributed by atoms with E-state index in [0.717, 1.165) is 55.3 Å². The third-order valence-electron chi connectivity index (χ3n) is 8.24. The fourth-order valence-corrected chi connectivity index (χ4v) is 6.24. The minimum atomic E-state index is 0.615. The van der Waals surface area contributed by atoms with Crippen molar-refractivity contribution in [1.82, 2.24) is 19.5 Å². The van der Waals surface area contributed by atoms with Gasteiger partial charge in [0, 0.05) is 38.5 Å². The van der Waals surface area contributed by atoms with Crippen molar-refractivity contribution in [2.24, 2.45) is 0 Å². The second-order valence-electron chi connectivity index (χ2n) is 10.9. The van der Waals surface area contributed by atoms with E-state index in [-0.39, 0.29) is 0 Å². The van der Waals surface area contributed by atoms with Crippen LogP contribution in [0.4, 0.5) is 0 Å². The number of para-hydroxylation sites is 2. The smallest absolute Gasteiger partial charge is 0.164 e. The van der Waals surface area contributed by atoms with Crippen LogP contribution in [0, 0.1) is 0 Å². The van der Waals surface area contributed by atoms with E-state index in [1.54, 1.807) is 0 Å². The Hall–Kier alpha value is -6.07. The van der Waals surface area contributed by atoms with E-state index in [4.69, 9.17) is 19.4 Å². The number of fused-ring (bicyclic) bond motifs is 7. The predicted octanol–water partition coefficient (Wildman–Crippen LogP) is 9.87. The third kappa shape index (κ3) is 3.83. The van der Waals surface area contributed by atoms with Gasteiger partial charge in [0.2, 0.25) is 0 Å². The summed E-state index contributed by atoms with van der Waals surface area (Å²) in [6.45, 7) is 0. The second-order valence-corrected chi connectivity index (χ2v) is 10.9. The van der Waals surface area contributed by atoms with Gasteiger partial charge in [-0.2, -0.15) is 0 Å². The van der Waals surface area contributed by atoms with Crippen LogP contribution in [0.15, 0.2) is 150 Å². The highest BCUT2D eigenvalue weighted by Gasteiger charge is 2.20. The zero-order chi connectivity index (χ0) is 29.0. The van der Waals surface area contributed by atoms with E-state index in [1.165, 1.54) is 10.8 Å². The fourth-order valence-electron chi connectivity index (χ4n) is 6.24. The van der Waals surface area contributed by atoms with Crippen LogP contribution >= 0.6 is 0 Å². The molecule has 0 saturated heterocycles. The maximum Gasteiger partial charge on any atom is 0.164 e. The Labute approximate surface area is 252 Å². The van der Waals surface area contributed by atoms with Crippen molar-refractivity contribution in [3.05, 3.63) is 146 Å². The van der Waals surface area contributed by atoms with Crippen LogP contribution in [-0.4, -0.2) is 19.5 Å². The highest BCUT2D eigenvalue weighted by molar-refractivity contribution is 6.24. The first kappa shape index (κ1) is 24.5. The van der Waals surface area contributed by atoms with Gasteiger partial charge >= 0.3 is 0 Å². The highest BCUT2D eigenvalue weighted by atomic mass is 16.3. The third-order valence-corrected chi connectivity index (χ3v) is 8.24. The molecule has 5 heteroatoms. The van der Waals surface area contributed by atoms with Crippen molar-refractivity contribution >= 4 is 43.7 Å². The van der Waals surface area contributed by atoms with Gasteiger partial charge in [-0.3, -0.25) is 0 Å². The fraction of sp³-hybridized carbons (Fsp3) is 0. The Morgan fingerprint density at radius 2 is 1.00 bits per heavy atom. The van der Waals surface area contributed by atoms with Gasteiger partial charge in [0.1, 0.15) is 11.2 Å². The average molecular weight is 565 g/mol. The molecule has 0 saturated carbocycles. The Balaban J connectivity index is 1.34. The summed E-state index contributed by atoms with van der Waals surface area (Å²) in [5.74, 6) is 1.89. The molecule has 9 aromatic rings. The first-order valence-electron chi connectivity index (χ1n) is 14.6. The van der Waals surface area contributed by atoms with E-state index < -0.39 is 0 Å². The van der Waals surface area contributed by atoms with E-state index in [0.29, 0.717) is 17.5 Å². The maximum absolute atomic E-state index is 6.46. The zero-order valence-corrected chi connectivity index (χ0v) is 23.6. The molecule has 3 heterocycles. The Kier molecular flexibility index (Phi) is 5.43. The van der Waals surface area contributed by atoms with E-state index in [1.807, 2.05) is 72.8 Å². The van der Waals surface area contributed by atoms with E-state index in [9.17, 15) is 0 Å². The number of benzene rings is 6. The lowest BCUT2D eigenvalue weighted by molar-refractivity contribution is 0.669. The molecule has 0 aliphatic carbocycles. The van der Waals surface area contributed by atoms with Gasteiger partial charge in [0.05, 0.1) is 16.4 Å². The van der Waals surface area contributed by atoms with Crippen molar-refractivity contribution in [3.63, 3.8) is 0 Å². The molecule has 206 valence electrons. The summed E-state index contributed by atoms with van der Waals surface area (Å²) in [6, 6.07) is 49.7. The van der Waals surface area contributed by atoms with Crippen molar-refractivity contribution in [1.29, 1.82) is 0 Å². The van der Waals surface area contributed by atoms with Gasteiger partial charge in [-0.15, -0.1) is 0 Å². The Morgan fingerprint density at radius 3 is 1.68 bits per heavy atom. The van der Waals surface area contributed by atoms with Gasteiger partial charge in [-0.25, -0.2) is 15.0 Å². The second kappa shape index (κ2) is 9.75. The van der Waals surface area contributed by atoms with Crippen molar-refractivity contribution < 1.29 is 4.42 Å². The van der Waals surface area contributed by atoms with Crippen molar-refractivity contribution in [3.8, 4) is 39.9 Å². The van der Waals surface area contributed by atoms with E-state index >= 15 is 0 Å². The van der Waals surface area contributed by atoms with E-state index in [2.05, 4.69) is 77.4 Å². The molecule has 0 spiro atoms. The molecule has 3 aromatic heterocycles. The molecule has 0 fully saturated rings. The number of aromatic nitrogens is 4. The molecule has 0 radical (unpaired) electrons. The van der Waals surface area contributed by atoms with Crippen LogP contribution in [0.2, 0.25) is 0 Å². The molecule has 0 atom stereocenters. The highest BCUT2D eigenvalue weighted by Crippen LogP contribution is 2.41. The largest absolute Gasteiger partial charge is 0.456 e. The molecule has 0 N–H and O–H groups in total. The van der Waals surface area contributed by atoms with Crippen LogP contribution in [0.25, 0.3) is 83.6 Å². The molecule has 0 aliphatic rings. The maximum atomic E-state index is 6.46. The van der Waals surface area contributed by atoms with Crippen LogP contribution in [0.3, 0.4) is 0 Å². The summed E-state index contributed by atoms with van der Waals surface area (Å²) in [5, 5.41) is 4.48. The van der Waals surface area contributed by atoms with Crippen LogP contribution in [-0.2, 0) is 0 Å². The monoisotopic (exact) mass is 564 g/mol. The number of nitrogens with zero attached hydrogens (tertiary/aromatic N) is 4. The summed E-state index contributed by atoms with van der Waals surface area (Å²) < 4.78 is 8.80. The predicted molar refractivity (Wildman–Crippen MR) is 178 cm³/mol. The molecule has 44 heavy (non-hydrogen) atoms. The lowest BCUT2D eigenvalue weighted by Gasteiger charge is -2.09. The molecular formula is C39H24N4O. The molecule has 9 rings (SSSR count). The van der Waals surface area contributed by atoms with Gasteiger partial charge in [0.25, 0.3) is 0 Å². The SMILES string of the molecule is c1ccc(-c2nc(-c3ccccc3)nc(-c3ccc4oc5ccc6c7ccccc7n(-c7ccccc7)c6c5c4c3)n2)cc1. The number of furan rings is 1. The Morgan fingerprint density at radius 1 is 0.432 bits per heavy atom. The first-order chi connectivity index (χ1) is 21.8. The zero-order valence-electron chi connectivity index (χ0n) is 23.6. The summed E-state index contributed by atoms with van der Waals surface area (Å²) in [7, 11) is 0.